The predicted octanol–water partition coefficient (Wildman–Crippen LogP) is 2.64. The number of rotatable bonds is 5. The van der Waals surface area contributed by atoms with Gasteiger partial charge >= 0.3 is 0 Å². The molecule has 2 rings (SSSR count). The van der Waals surface area contributed by atoms with E-state index in [4.69, 9.17) is 0 Å². The Morgan fingerprint density at radius 1 is 1.10 bits per heavy atom. The van der Waals surface area contributed by atoms with Crippen LogP contribution in [-0.4, -0.2) is 48.3 Å². The van der Waals surface area contributed by atoms with Crippen molar-refractivity contribution in [2.24, 2.45) is 11.8 Å². The number of hydrogen-bond acceptors (Lipinski definition) is 3. The first-order valence-corrected chi connectivity index (χ1v) is 8.79. The van der Waals surface area contributed by atoms with Crippen LogP contribution in [0.15, 0.2) is 0 Å². The summed E-state index contributed by atoms with van der Waals surface area (Å²) in [5, 5.41) is 14.0. The SMILES string of the molecule is CC(C)CNCC1CCCN(C2CCCCCC2O)C1. The third kappa shape index (κ3) is 5.01. The molecule has 2 N–H and O–H groups in total. The number of piperidine rings is 1. The fraction of sp³-hybridized carbons (Fsp3) is 1.00. The number of aliphatic hydroxyl groups excluding tert-OH is 1. The highest BCUT2D eigenvalue weighted by Gasteiger charge is 2.30. The van der Waals surface area contributed by atoms with Crippen LogP contribution in [0.1, 0.15) is 58.8 Å². The van der Waals surface area contributed by atoms with Crippen LogP contribution in [0, 0.1) is 11.8 Å². The number of hydrogen-bond donors (Lipinski definition) is 2. The smallest absolute Gasteiger partial charge is 0.0695 e. The van der Waals surface area contributed by atoms with Gasteiger partial charge in [-0.1, -0.05) is 33.1 Å². The van der Waals surface area contributed by atoms with Crippen LogP contribution in [0.2, 0.25) is 0 Å². The molecule has 1 aliphatic heterocycles. The second kappa shape index (κ2) is 8.35. The molecule has 20 heavy (non-hydrogen) atoms. The van der Waals surface area contributed by atoms with Crippen LogP contribution in [0.4, 0.5) is 0 Å². The summed E-state index contributed by atoms with van der Waals surface area (Å²) < 4.78 is 0. The molecule has 1 saturated heterocycles. The molecule has 3 atom stereocenters. The van der Waals surface area contributed by atoms with Gasteiger partial charge in [0.05, 0.1) is 6.10 Å². The molecule has 118 valence electrons. The zero-order valence-corrected chi connectivity index (χ0v) is 13.5. The molecule has 2 fully saturated rings. The predicted molar refractivity (Wildman–Crippen MR) is 84.9 cm³/mol. The molecular weight excluding hydrogens is 248 g/mol. The Balaban J connectivity index is 1.79. The van der Waals surface area contributed by atoms with E-state index < -0.39 is 0 Å². The van der Waals surface area contributed by atoms with Gasteiger partial charge in [0.1, 0.15) is 0 Å². The van der Waals surface area contributed by atoms with Crippen LogP contribution in [0.5, 0.6) is 0 Å². The maximum absolute atomic E-state index is 10.4. The molecule has 0 radical (unpaired) electrons. The van der Waals surface area contributed by atoms with Crippen molar-refractivity contribution in [1.82, 2.24) is 10.2 Å². The molecule has 3 nitrogen and oxygen atoms in total. The molecule has 0 bridgehead atoms. The molecule has 0 aromatic heterocycles. The van der Waals surface area contributed by atoms with Gasteiger partial charge in [0.15, 0.2) is 0 Å². The first-order valence-electron chi connectivity index (χ1n) is 8.79. The van der Waals surface area contributed by atoms with Gasteiger partial charge in [-0.2, -0.15) is 0 Å². The first kappa shape index (κ1) is 16.3. The lowest BCUT2D eigenvalue weighted by Crippen LogP contribution is -2.49. The van der Waals surface area contributed by atoms with Crippen molar-refractivity contribution in [3.05, 3.63) is 0 Å². The number of aliphatic hydroxyl groups is 1. The maximum Gasteiger partial charge on any atom is 0.0695 e. The van der Waals surface area contributed by atoms with Gasteiger partial charge in [0.25, 0.3) is 0 Å². The van der Waals surface area contributed by atoms with Crippen molar-refractivity contribution in [3.8, 4) is 0 Å². The van der Waals surface area contributed by atoms with Gasteiger partial charge in [-0.05, 0) is 57.2 Å². The summed E-state index contributed by atoms with van der Waals surface area (Å²) in [5.74, 6) is 1.51. The Morgan fingerprint density at radius 2 is 1.90 bits per heavy atom. The fourth-order valence-electron chi connectivity index (χ4n) is 3.84. The lowest BCUT2D eigenvalue weighted by atomic mass is 9.94. The Hall–Kier alpha value is -0.120. The van der Waals surface area contributed by atoms with Crippen molar-refractivity contribution in [2.45, 2.75) is 70.9 Å². The topological polar surface area (TPSA) is 35.5 Å². The van der Waals surface area contributed by atoms with Crippen molar-refractivity contribution in [1.29, 1.82) is 0 Å². The average molecular weight is 282 g/mol. The van der Waals surface area contributed by atoms with Crippen molar-refractivity contribution < 1.29 is 5.11 Å². The summed E-state index contributed by atoms with van der Waals surface area (Å²) in [6.07, 6.45) is 8.60. The molecule has 3 unspecified atom stereocenters. The minimum Gasteiger partial charge on any atom is -0.391 e. The van der Waals surface area contributed by atoms with Gasteiger partial charge in [-0.3, -0.25) is 4.90 Å². The van der Waals surface area contributed by atoms with Crippen molar-refractivity contribution >= 4 is 0 Å². The van der Waals surface area contributed by atoms with E-state index in [1.54, 1.807) is 0 Å². The average Bonchev–Trinajstić information content (AvgIpc) is 2.63. The molecule has 0 aromatic rings. The van der Waals surface area contributed by atoms with E-state index in [0.717, 1.165) is 31.3 Å². The van der Waals surface area contributed by atoms with Crippen molar-refractivity contribution in [2.75, 3.05) is 26.2 Å². The molecule has 3 heteroatoms. The van der Waals surface area contributed by atoms with E-state index in [1.807, 2.05) is 0 Å². The van der Waals surface area contributed by atoms with Crippen LogP contribution < -0.4 is 5.32 Å². The van der Waals surface area contributed by atoms with Gasteiger partial charge in [0.2, 0.25) is 0 Å². The van der Waals surface area contributed by atoms with Crippen LogP contribution in [0.25, 0.3) is 0 Å². The molecule has 0 aromatic carbocycles. The molecular formula is C17H34N2O. The highest BCUT2D eigenvalue weighted by atomic mass is 16.3. The van der Waals surface area contributed by atoms with E-state index in [2.05, 4.69) is 24.1 Å². The second-order valence-corrected chi connectivity index (χ2v) is 7.33. The number of nitrogens with one attached hydrogen (secondary N) is 1. The zero-order chi connectivity index (χ0) is 14.4. The van der Waals surface area contributed by atoms with E-state index in [0.29, 0.717) is 6.04 Å². The first-order chi connectivity index (χ1) is 9.66. The largest absolute Gasteiger partial charge is 0.391 e. The van der Waals surface area contributed by atoms with Gasteiger partial charge < -0.3 is 10.4 Å². The van der Waals surface area contributed by atoms with E-state index in [9.17, 15) is 5.11 Å². The highest BCUT2D eigenvalue weighted by Crippen LogP contribution is 2.26. The number of nitrogens with zero attached hydrogens (tertiary/aromatic N) is 1. The third-order valence-electron chi connectivity index (χ3n) is 4.95. The van der Waals surface area contributed by atoms with Gasteiger partial charge in [-0.15, -0.1) is 0 Å². The lowest BCUT2D eigenvalue weighted by Gasteiger charge is -2.40. The second-order valence-electron chi connectivity index (χ2n) is 7.33. The molecule has 0 spiro atoms. The van der Waals surface area contributed by atoms with E-state index >= 15 is 0 Å². The fourth-order valence-corrected chi connectivity index (χ4v) is 3.84. The maximum atomic E-state index is 10.4. The van der Waals surface area contributed by atoms with E-state index in [-0.39, 0.29) is 6.10 Å². The minimum atomic E-state index is -0.0835. The Bertz CT molecular complexity index is 270. The number of likely N-dealkylation sites (tertiary alicyclic amines) is 1. The van der Waals surface area contributed by atoms with Crippen LogP contribution in [-0.2, 0) is 0 Å². The quantitative estimate of drug-likeness (QED) is 0.761. The summed E-state index contributed by atoms with van der Waals surface area (Å²) >= 11 is 0. The Labute approximate surface area is 125 Å². The summed E-state index contributed by atoms with van der Waals surface area (Å²) in [6.45, 7) is 9.19. The third-order valence-corrected chi connectivity index (χ3v) is 4.95. The molecule has 1 heterocycles. The molecule has 1 saturated carbocycles. The summed E-state index contributed by atoms with van der Waals surface area (Å²) in [4.78, 5) is 2.60. The van der Waals surface area contributed by atoms with E-state index in [1.165, 1.54) is 51.6 Å². The molecule has 0 amide bonds. The summed E-state index contributed by atoms with van der Waals surface area (Å²) in [5.41, 5.74) is 0. The van der Waals surface area contributed by atoms with Gasteiger partial charge in [-0.25, -0.2) is 0 Å². The Morgan fingerprint density at radius 3 is 2.70 bits per heavy atom. The van der Waals surface area contributed by atoms with Crippen LogP contribution >= 0.6 is 0 Å². The van der Waals surface area contributed by atoms with Crippen LogP contribution in [0.3, 0.4) is 0 Å². The summed E-state index contributed by atoms with van der Waals surface area (Å²) in [7, 11) is 0. The normalized spacial score (nSPS) is 33.3. The summed E-state index contributed by atoms with van der Waals surface area (Å²) in [6, 6.07) is 0.436. The lowest BCUT2D eigenvalue weighted by molar-refractivity contribution is 0.0208. The zero-order valence-electron chi connectivity index (χ0n) is 13.5. The molecule has 2 aliphatic rings. The molecule has 1 aliphatic carbocycles. The monoisotopic (exact) mass is 282 g/mol. The standard InChI is InChI=1S/C17H34N2O/c1-14(2)11-18-12-15-7-6-10-19(13-15)16-8-4-3-5-9-17(16)20/h14-18,20H,3-13H2,1-2H3. The minimum absolute atomic E-state index is 0.0835. The Kier molecular flexibility index (Phi) is 6.79. The van der Waals surface area contributed by atoms with Gasteiger partial charge in [0, 0.05) is 12.6 Å². The highest BCUT2D eigenvalue weighted by molar-refractivity contribution is 4.86. The van der Waals surface area contributed by atoms with Crippen molar-refractivity contribution in [3.63, 3.8) is 0 Å².